The molecule has 6 nitrogen and oxygen atoms in total. The minimum Gasteiger partial charge on any atom is -0.403 e. The zero-order valence-corrected chi connectivity index (χ0v) is 10.3. The number of halogens is 1. The lowest BCUT2D eigenvalue weighted by Gasteiger charge is -2.02. The van der Waals surface area contributed by atoms with E-state index in [1.54, 1.807) is 31.2 Å². The third kappa shape index (κ3) is 2.85. The predicted molar refractivity (Wildman–Crippen MR) is 67.0 cm³/mol. The Bertz CT molecular complexity index is 550. The fourth-order valence-corrected chi connectivity index (χ4v) is 1.33. The van der Waals surface area contributed by atoms with Gasteiger partial charge in [0.05, 0.1) is 6.04 Å². The van der Waals surface area contributed by atoms with Gasteiger partial charge in [-0.2, -0.15) is 0 Å². The van der Waals surface area contributed by atoms with Crippen molar-refractivity contribution in [3.63, 3.8) is 0 Å². The molecule has 1 aromatic carbocycles. The van der Waals surface area contributed by atoms with Gasteiger partial charge in [-0.05, 0) is 31.2 Å². The maximum Gasteiger partial charge on any atom is 0.322 e. The van der Waals surface area contributed by atoms with Crippen LogP contribution in [0.15, 0.2) is 28.7 Å². The van der Waals surface area contributed by atoms with Gasteiger partial charge in [0.2, 0.25) is 11.8 Å². The first kappa shape index (κ1) is 12.5. The molecule has 0 unspecified atom stereocenters. The molecule has 3 N–H and O–H groups in total. The van der Waals surface area contributed by atoms with Crippen LogP contribution < -0.4 is 11.1 Å². The van der Waals surface area contributed by atoms with Gasteiger partial charge < -0.3 is 10.2 Å². The van der Waals surface area contributed by atoms with Crippen molar-refractivity contribution in [2.75, 3.05) is 5.32 Å². The molecular weight excluding hydrogens is 256 g/mol. The number of nitrogens with two attached hydrogens (primary N) is 1. The molecule has 0 spiro atoms. The zero-order chi connectivity index (χ0) is 13.1. The monoisotopic (exact) mass is 266 g/mol. The van der Waals surface area contributed by atoms with Crippen LogP contribution >= 0.6 is 11.6 Å². The first-order chi connectivity index (χ1) is 8.56. The maximum atomic E-state index is 11.3. The Morgan fingerprint density at radius 1 is 1.39 bits per heavy atom. The smallest absolute Gasteiger partial charge is 0.322 e. The largest absolute Gasteiger partial charge is 0.403 e. The van der Waals surface area contributed by atoms with Crippen molar-refractivity contribution in [2.24, 2.45) is 5.73 Å². The number of benzene rings is 1. The third-order valence-electron chi connectivity index (χ3n) is 2.16. The highest BCUT2D eigenvalue weighted by Gasteiger charge is 2.13. The molecule has 0 bridgehead atoms. The number of hydrogen-bond acceptors (Lipinski definition) is 5. The molecule has 2 aromatic rings. The molecule has 0 radical (unpaired) electrons. The molecule has 1 amide bonds. The number of rotatable bonds is 3. The summed E-state index contributed by atoms with van der Waals surface area (Å²) in [5, 5.41) is 10.5. The van der Waals surface area contributed by atoms with Gasteiger partial charge in [-0.3, -0.25) is 10.1 Å². The fraction of sp³-hybridized carbons (Fsp3) is 0.182. The average molecular weight is 267 g/mol. The van der Waals surface area contributed by atoms with Gasteiger partial charge in [-0.25, -0.2) is 0 Å². The standard InChI is InChI=1S/C11H11ClN4O2/c1-6(13)9(17)14-11-16-15-10(18-11)7-2-4-8(12)5-3-7/h2-6H,13H2,1H3,(H,14,16,17)/t6-/m1/s1. The molecular formula is C11H11ClN4O2. The zero-order valence-electron chi connectivity index (χ0n) is 9.55. The van der Waals surface area contributed by atoms with Crippen molar-refractivity contribution >= 4 is 23.5 Å². The number of carbonyl (C=O) groups excluding carboxylic acids is 1. The van der Waals surface area contributed by atoms with E-state index in [9.17, 15) is 4.79 Å². The summed E-state index contributed by atoms with van der Waals surface area (Å²) in [6.07, 6.45) is 0. The second-order valence-electron chi connectivity index (χ2n) is 3.70. The van der Waals surface area contributed by atoms with Crippen LogP contribution in [0.1, 0.15) is 6.92 Å². The minimum atomic E-state index is -0.643. The molecule has 0 fully saturated rings. The summed E-state index contributed by atoms with van der Waals surface area (Å²) in [5.41, 5.74) is 6.12. The average Bonchev–Trinajstić information content (AvgIpc) is 2.78. The van der Waals surface area contributed by atoms with E-state index in [-0.39, 0.29) is 11.9 Å². The van der Waals surface area contributed by atoms with Crippen LogP contribution in [0.25, 0.3) is 11.5 Å². The molecule has 1 heterocycles. The van der Waals surface area contributed by atoms with Crippen molar-refractivity contribution in [3.8, 4) is 11.5 Å². The lowest BCUT2D eigenvalue weighted by Crippen LogP contribution is -2.32. The number of nitrogens with zero attached hydrogens (tertiary/aromatic N) is 2. The second-order valence-corrected chi connectivity index (χ2v) is 4.13. The van der Waals surface area contributed by atoms with E-state index < -0.39 is 6.04 Å². The number of carbonyl (C=O) groups is 1. The van der Waals surface area contributed by atoms with Gasteiger partial charge in [0.1, 0.15) is 0 Å². The van der Waals surface area contributed by atoms with Crippen LogP contribution in [0, 0.1) is 0 Å². The van der Waals surface area contributed by atoms with Crippen LogP contribution in [-0.4, -0.2) is 22.1 Å². The van der Waals surface area contributed by atoms with Gasteiger partial charge >= 0.3 is 6.01 Å². The van der Waals surface area contributed by atoms with E-state index in [1.807, 2.05) is 0 Å². The lowest BCUT2D eigenvalue weighted by molar-refractivity contribution is -0.117. The van der Waals surface area contributed by atoms with E-state index >= 15 is 0 Å². The van der Waals surface area contributed by atoms with Crippen LogP contribution in [0.3, 0.4) is 0 Å². The van der Waals surface area contributed by atoms with E-state index in [4.69, 9.17) is 21.8 Å². The van der Waals surface area contributed by atoms with Crippen molar-refractivity contribution < 1.29 is 9.21 Å². The number of anilines is 1. The Kier molecular flexibility index (Phi) is 3.59. The summed E-state index contributed by atoms with van der Waals surface area (Å²) in [7, 11) is 0. The highest BCUT2D eigenvalue weighted by Crippen LogP contribution is 2.21. The number of nitrogens with one attached hydrogen (secondary N) is 1. The van der Waals surface area contributed by atoms with Gasteiger partial charge in [-0.15, -0.1) is 5.10 Å². The van der Waals surface area contributed by atoms with Crippen LogP contribution in [-0.2, 0) is 4.79 Å². The Morgan fingerprint density at radius 2 is 2.06 bits per heavy atom. The molecule has 18 heavy (non-hydrogen) atoms. The number of hydrogen-bond donors (Lipinski definition) is 2. The highest BCUT2D eigenvalue weighted by atomic mass is 35.5. The molecule has 0 saturated carbocycles. The Hall–Kier alpha value is -1.92. The molecule has 1 aromatic heterocycles. The van der Waals surface area contributed by atoms with Gasteiger partial charge in [0.15, 0.2) is 0 Å². The van der Waals surface area contributed by atoms with Crippen LogP contribution in [0.2, 0.25) is 5.02 Å². The van der Waals surface area contributed by atoms with Crippen molar-refractivity contribution in [3.05, 3.63) is 29.3 Å². The summed E-state index contributed by atoms with van der Waals surface area (Å²) in [5.74, 6) is -0.0899. The highest BCUT2D eigenvalue weighted by molar-refractivity contribution is 6.30. The van der Waals surface area contributed by atoms with Crippen molar-refractivity contribution in [1.29, 1.82) is 0 Å². The molecule has 94 valence electrons. The van der Waals surface area contributed by atoms with E-state index in [0.717, 1.165) is 0 Å². The molecule has 0 aliphatic carbocycles. The van der Waals surface area contributed by atoms with E-state index in [2.05, 4.69) is 15.5 Å². The van der Waals surface area contributed by atoms with Crippen LogP contribution in [0.4, 0.5) is 6.01 Å². The van der Waals surface area contributed by atoms with Crippen LogP contribution in [0.5, 0.6) is 0 Å². The molecule has 0 saturated heterocycles. The van der Waals surface area contributed by atoms with Crippen molar-refractivity contribution in [2.45, 2.75) is 13.0 Å². The molecule has 2 rings (SSSR count). The molecule has 0 aliphatic rings. The Morgan fingerprint density at radius 3 is 2.67 bits per heavy atom. The second kappa shape index (κ2) is 5.16. The lowest BCUT2D eigenvalue weighted by atomic mass is 10.2. The van der Waals surface area contributed by atoms with E-state index in [1.165, 1.54) is 0 Å². The maximum absolute atomic E-state index is 11.3. The fourth-order valence-electron chi connectivity index (χ4n) is 1.20. The third-order valence-corrected chi connectivity index (χ3v) is 2.41. The summed E-state index contributed by atoms with van der Waals surface area (Å²) in [4.78, 5) is 11.3. The van der Waals surface area contributed by atoms with E-state index in [0.29, 0.717) is 16.5 Å². The van der Waals surface area contributed by atoms with Gasteiger partial charge in [0, 0.05) is 10.6 Å². The Balaban J connectivity index is 2.15. The topological polar surface area (TPSA) is 94.0 Å². The summed E-state index contributed by atoms with van der Waals surface area (Å²) < 4.78 is 5.28. The first-order valence-electron chi connectivity index (χ1n) is 5.22. The summed E-state index contributed by atoms with van der Waals surface area (Å²) >= 11 is 5.77. The minimum absolute atomic E-state index is 0.0160. The molecule has 7 heteroatoms. The molecule has 1 atom stereocenters. The quantitative estimate of drug-likeness (QED) is 0.881. The number of amides is 1. The molecule has 0 aliphatic heterocycles. The van der Waals surface area contributed by atoms with Gasteiger partial charge in [0.25, 0.3) is 0 Å². The van der Waals surface area contributed by atoms with Gasteiger partial charge in [-0.1, -0.05) is 16.7 Å². The number of aromatic nitrogens is 2. The Labute approximate surface area is 108 Å². The predicted octanol–water partition coefficient (Wildman–Crippen LogP) is 1.68. The summed E-state index contributed by atoms with van der Waals surface area (Å²) in [6, 6.07) is 6.28. The first-order valence-corrected chi connectivity index (χ1v) is 5.60. The SMILES string of the molecule is C[C@@H](N)C(=O)Nc1nnc(-c2ccc(Cl)cc2)o1. The summed E-state index contributed by atoms with van der Waals surface area (Å²) in [6.45, 7) is 1.56. The normalized spacial score (nSPS) is 12.2. The van der Waals surface area contributed by atoms with Crippen molar-refractivity contribution in [1.82, 2.24) is 10.2 Å².